The van der Waals surface area contributed by atoms with Crippen LogP contribution in [0.25, 0.3) is 10.9 Å². The monoisotopic (exact) mass is 773 g/mol. The molecule has 8 N–H and O–H groups in total. The van der Waals surface area contributed by atoms with Gasteiger partial charge in [-0.2, -0.15) is 0 Å². The van der Waals surface area contributed by atoms with Crippen LogP contribution in [0, 0.1) is 11.8 Å². The molecular weight excluding hydrogens is 715 g/mol. The fraction of sp³-hybridized carbons (Fsp3) is 0.632. The maximum atomic E-state index is 14.2. The molecule has 0 aliphatic heterocycles. The van der Waals surface area contributed by atoms with Crippen molar-refractivity contribution in [3.8, 4) is 0 Å². The minimum Gasteiger partial charge on any atom is -0.444 e. The second kappa shape index (κ2) is 19.6. The lowest BCUT2D eigenvalue weighted by atomic mass is 9.83. The third-order valence-corrected chi connectivity index (χ3v) is 11.1. The fourth-order valence-electron chi connectivity index (χ4n) is 6.90. The largest absolute Gasteiger partial charge is 0.444 e. The molecule has 1 aliphatic rings. The van der Waals surface area contributed by atoms with Gasteiger partial charge in [0, 0.05) is 54.8 Å². The summed E-state index contributed by atoms with van der Waals surface area (Å²) in [5, 5.41) is 31.6. The van der Waals surface area contributed by atoms with Gasteiger partial charge in [0.2, 0.25) is 21.8 Å². The lowest BCUT2D eigenvalue weighted by Crippen LogP contribution is -2.58. The van der Waals surface area contributed by atoms with Crippen LogP contribution in [0.4, 0.5) is 4.79 Å². The Bertz CT molecular complexity index is 1750. The number of carbonyl (C=O) groups excluding carboxylic acids is 3. The van der Waals surface area contributed by atoms with Crippen LogP contribution in [0.15, 0.2) is 43.0 Å². The van der Waals surface area contributed by atoms with Gasteiger partial charge in [0.1, 0.15) is 17.7 Å². The van der Waals surface area contributed by atoms with E-state index in [-0.39, 0.29) is 43.4 Å². The molecule has 0 saturated heterocycles. The van der Waals surface area contributed by atoms with E-state index < -0.39 is 63.9 Å². The SMILES string of the molecule is CC(C)CS(=O)(=O)NC[C@@H](O)C[C@H](O)[C@H](CC1CCCCC1)NC(=O)[C@H](Cc1cnc[nH]1)NC(=O)[C@H](Cc1c[nH]c2ccccc12)NC(=O)OC(C)(C)C. The van der Waals surface area contributed by atoms with Crippen molar-refractivity contribution < 1.29 is 37.8 Å². The van der Waals surface area contributed by atoms with Crippen LogP contribution in [0.3, 0.4) is 0 Å². The average Bonchev–Trinajstić information content (AvgIpc) is 3.75. The number of imidazole rings is 1. The Labute approximate surface area is 318 Å². The third-order valence-electron chi connectivity index (χ3n) is 9.43. The summed E-state index contributed by atoms with van der Waals surface area (Å²) in [4.78, 5) is 51.5. The van der Waals surface area contributed by atoms with Crippen molar-refractivity contribution in [2.75, 3.05) is 12.3 Å². The maximum Gasteiger partial charge on any atom is 0.408 e. The van der Waals surface area contributed by atoms with Crippen molar-refractivity contribution in [3.63, 3.8) is 0 Å². The number of alkyl carbamates (subject to hydrolysis) is 1. The number of sulfonamides is 1. The van der Waals surface area contributed by atoms with Gasteiger partial charge in [-0.05, 0) is 50.7 Å². The Kier molecular flexibility index (Phi) is 15.5. The smallest absolute Gasteiger partial charge is 0.408 e. The number of amides is 3. The molecule has 16 heteroatoms. The molecule has 1 aromatic carbocycles. The molecule has 3 amide bonds. The van der Waals surface area contributed by atoms with Crippen LogP contribution in [-0.2, 0) is 37.2 Å². The number of aliphatic hydroxyl groups is 2. The number of benzene rings is 1. The zero-order chi connectivity index (χ0) is 39.5. The summed E-state index contributed by atoms with van der Waals surface area (Å²) in [6.07, 6.45) is 6.95. The molecule has 0 spiro atoms. The van der Waals surface area contributed by atoms with Crippen molar-refractivity contribution in [2.24, 2.45) is 11.8 Å². The van der Waals surface area contributed by atoms with Crippen molar-refractivity contribution in [1.29, 1.82) is 0 Å². The van der Waals surface area contributed by atoms with Crippen molar-refractivity contribution in [1.82, 2.24) is 35.6 Å². The molecular formula is C38H59N7O8S. The summed E-state index contributed by atoms with van der Waals surface area (Å²) in [5.74, 6) is -1.18. The van der Waals surface area contributed by atoms with Gasteiger partial charge in [0.15, 0.2) is 0 Å². The number of carbonyl (C=O) groups is 3. The third kappa shape index (κ3) is 14.0. The highest BCUT2D eigenvalue weighted by atomic mass is 32.2. The summed E-state index contributed by atoms with van der Waals surface area (Å²) in [6, 6.07) is 4.50. The first-order valence-corrected chi connectivity index (χ1v) is 20.6. The number of hydrogen-bond donors (Lipinski definition) is 8. The standard InChI is InChI=1S/C38H59N7O8S/c1-24(2)22-54(51,52)42-21-28(46)18-34(47)31(15-25-11-7-6-8-12-25)43-36(49)33(17-27-20-39-23-41-27)44-35(48)32(45-37(50)53-38(3,4)5)16-26-19-40-30-14-10-9-13-29(26)30/h9-10,13-14,19-20,23-25,28,31-34,40,42,46-47H,6-8,11-12,15-18,21-22H2,1-5H3,(H,39,41)(H,43,49)(H,44,48)(H,45,50)/t28-,31-,32-,33-,34-/m0/s1. The summed E-state index contributed by atoms with van der Waals surface area (Å²) >= 11 is 0. The molecule has 1 saturated carbocycles. The molecule has 1 aliphatic carbocycles. The molecule has 15 nitrogen and oxygen atoms in total. The number of aromatic nitrogens is 3. The van der Waals surface area contributed by atoms with E-state index in [1.165, 1.54) is 6.33 Å². The fourth-order valence-corrected chi connectivity index (χ4v) is 8.34. The quantitative estimate of drug-likeness (QED) is 0.0894. The lowest BCUT2D eigenvalue weighted by molar-refractivity contribution is -0.131. The second-order valence-electron chi connectivity index (χ2n) is 15.9. The maximum absolute atomic E-state index is 14.2. The van der Waals surface area contributed by atoms with Crippen molar-refractivity contribution in [3.05, 3.63) is 54.2 Å². The number of nitrogens with one attached hydrogen (secondary N) is 6. The molecule has 0 radical (unpaired) electrons. The van der Waals surface area contributed by atoms with Crippen molar-refractivity contribution in [2.45, 2.75) is 128 Å². The second-order valence-corrected chi connectivity index (χ2v) is 17.8. The Balaban J connectivity index is 1.54. The number of aliphatic hydroxyl groups excluding tert-OH is 2. The van der Waals surface area contributed by atoms with E-state index in [1.54, 1.807) is 47.0 Å². The molecule has 1 fully saturated rings. The highest BCUT2D eigenvalue weighted by Crippen LogP contribution is 2.29. The van der Waals surface area contributed by atoms with E-state index >= 15 is 0 Å². The molecule has 3 aromatic rings. The van der Waals surface area contributed by atoms with Crippen LogP contribution < -0.4 is 20.7 Å². The number of H-pyrrole nitrogens is 2. The number of aromatic amines is 2. The number of nitrogens with zero attached hydrogens (tertiary/aromatic N) is 1. The highest BCUT2D eigenvalue weighted by Gasteiger charge is 2.33. The van der Waals surface area contributed by atoms with Crippen LogP contribution in [0.5, 0.6) is 0 Å². The average molecular weight is 774 g/mol. The molecule has 2 heterocycles. The lowest BCUT2D eigenvalue weighted by Gasteiger charge is -2.32. The van der Waals surface area contributed by atoms with Gasteiger partial charge in [0.25, 0.3) is 0 Å². The van der Waals surface area contributed by atoms with Gasteiger partial charge in [-0.25, -0.2) is 22.9 Å². The summed E-state index contributed by atoms with van der Waals surface area (Å²) < 4.78 is 32.6. The van der Waals surface area contributed by atoms with E-state index in [4.69, 9.17) is 4.74 Å². The summed E-state index contributed by atoms with van der Waals surface area (Å²) in [5.41, 5.74) is 1.38. The Hall–Kier alpha value is -3.99. The first kappa shape index (κ1) is 42.7. The van der Waals surface area contributed by atoms with Crippen LogP contribution in [0.2, 0.25) is 0 Å². The molecule has 4 rings (SSSR count). The number of ether oxygens (including phenoxy) is 1. The number of para-hydroxylation sites is 1. The van der Waals surface area contributed by atoms with Gasteiger partial charge in [-0.15, -0.1) is 0 Å². The Morgan fingerprint density at radius 2 is 1.65 bits per heavy atom. The zero-order valence-electron chi connectivity index (χ0n) is 32.1. The minimum atomic E-state index is -3.62. The molecule has 300 valence electrons. The van der Waals surface area contributed by atoms with E-state index in [1.807, 2.05) is 24.3 Å². The predicted molar refractivity (Wildman–Crippen MR) is 206 cm³/mol. The first-order valence-electron chi connectivity index (χ1n) is 18.9. The molecule has 0 unspecified atom stereocenters. The van der Waals surface area contributed by atoms with Crippen LogP contribution in [0.1, 0.15) is 90.8 Å². The summed E-state index contributed by atoms with van der Waals surface area (Å²) in [6.45, 7) is 8.43. The molecule has 2 aromatic heterocycles. The van der Waals surface area contributed by atoms with E-state index in [0.29, 0.717) is 12.1 Å². The van der Waals surface area contributed by atoms with Crippen LogP contribution >= 0.6 is 0 Å². The highest BCUT2D eigenvalue weighted by molar-refractivity contribution is 7.89. The zero-order valence-corrected chi connectivity index (χ0v) is 32.9. The number of rotatable bonds is 19. The molecule has 54 heavy (non-hydrogen) atoms. The number of hydrogen-bond acceptors (Lipinski definition) is 9. The molecule has 5 atom stereocenters. The van der Waals surface area contributed by atoms with Gasteiger partial charge in [-0.1, -0.05) is 64.2 Å². The van der Waals surface area contributed by atoms with Gasteiger partial charge in [0.05, 0.1) is 30.3 Å². The normalized spacial score (nSPS) is 17.0. The first-order chi connectivity index (χ1) is 25.5. The van der Waals surface area contributed by atoms with E-state index in [2.05, 4.69) is 35.6 Å². The van der Waals surface area contributed by atoms with E-state index in [9.17, 15) is 33.0 Å². The Morgan fingerprint density at radius 3 is 2.31 bits per heavy atom. The minimum absolute atomic E-state index is 0.0241. The molecule has 0 bridgehead atoms. The van der Waals surface area contributed by atoms with E-state index in [0.717, 1.165) is 48.6 Å². The number of fused-ring (bicyclic) bond motifs is 1. The predicted octanol–water partition coefficient (Wildman–Crippen LogP) is 3.20. The van der Waals surface area contributed by atoms with Gasteiger partial charge < -0.3 is 40.9 Å². The van der Waals surface area contributed by atoms with Gasteiger partial charge >= 0.3 is 6.09 Å². The van der Waals surface area contributed by atoms with Gasteiger partial charge in [-0.3, -0.25) is 9.59 Å². The van der Waals surface area contributed by atoms with Crippen LogP contribution in [-0.4, -0.2) is 99.7 Å². The topological polar surface area (TPSA) is 228 Å². The Morgan fingerprint density at radius 1 is 0.963 bits per heavy atom. The van der Waals surface area contributed by atoms with Crippen molar-refractivity contribution >= 4 is 38.8 Å². The summed E-state index contributed by atoms with van der Waals surface area (Å²) in [7, 11) is -3.62.